The average molecular weight is 267 g/mol. The fourth-order valence-corrected chi connectivity index (χ4v) is 3.39. The number of rotatable bonds is 4. The summed E-state index contributed by atoms with van der Waals surface area (Å²) in [6, 6.07) is 0.499. The highest BCUT2D eigenvalue weighted by Crippen LogP contribution is 2.31. The molecule has 1 fully saturated rings. The number of aromatic nitrogens is 2. The minimum absolute atomic E-state index is 0.499. The summed E-state index contributed by atoms with van der Waals surface area (Å²) in [5.74, 6) is 7.81. The van der Waals surface area contributed by atoms with Gasteiger partial charge in [-0.15, -0.1) is 0 Å². The molecule has 4 N–H and O–H groups in total. The summed E-state index contributed by atoms with van der Waals surface area (Å²) in [6.45, 7) is 3.87. The van der Waals surface area contributed by atoms with E-state index >= 15 is 0 Å². The third-order valence-electron chi connectivity index (χ3n) is 3.47. The van der Waals surface area contributed by atoms with Gasteiger partial charge >= 0.3 is 0 Å². The van der Waals surface area contributed by atoms with Gasteiger partial charge in [0.15, 0.2) is 0 Å². The fraction of sp³-hybridized carbons (Fsp3) is 0.667. The van der Waals surface area contributed by atoms with Crippen molar-refractivity contribution in [2.24, 2.45) is 5.84 Å². The number of nitrogens with one attached hydrogen (secondary N) is 2. The number of nitrogens with two attached hydrogens (primary N) is 1. The second-order valence-corrected chi connectivity index (χ2v) is 5.77. The van der Waals surface area contributed by atoms with E-state index in [0.717, 1.165) is 17.2 Å². The molecule has 2 rings (SSSR count). The number of anilines is 2. The normalized spacial score (nSPS) is 23.1. The van der Waals surface area contributed by atoms with Crippen molar-refractivity contribution in [3.63, 3.8) is 0 Å². The highest BCUT2D eigenvalue weighted by atomic mass is 32.2. The van der Waals surface area contributed by atoms with Crippen molar-refractivity contribution in [1.82, 2.24) is 9.97 Å². The molecule has 100 valence electrons. The minimum atomic E-state index is 0.499. The molecule has 1 aliphatic carbocycles. The van der Waals surface area contributed by atoms with E-state index in [1.54, 1.807) is 0 Å². The summed E-state index contributed by atoms with van der Waals surface area (Å²) >= 11 is 1.93. The summed E-state index contributed by atoms with van der Waals surface area (Å²) in [6.07, 6.45) is 5.95. The van der Waals surface area contributed by atoms with E-state index in [2.05, 4.69) is 27.0 Å². The first-order chi connectivity index (χ1) is 8.65. The number of hydrogen-bond donors (Lipinski definition) is 3. The van der Waals surface area contributed by atoms with Crippen LogP contribution in [0.5, 0.6) is 0 Å². The third kappa shape index (κ3) is 2.70. The SMILES string of the molecule is CSC1CCCC1Nc1nc(C)nc(NN)c1C. The van der Waals surface area contributed by atoms with Crippen LogP contribution in [0.4, 0.5) is 11.6 Å². The third-order valence-corrected chi connectivity index (χ3v) is 4.64. The molecule has 1 aliphatic rings. The Hall–Kier alpha value is -1.01. The lowest BCUT2D eigenvalue weighted by molar-refractivity contribution is 0.759. The van der Waals surface area contributed by atoms with Crippen molar-refractivity contribution >= 4 is 23.4 Å². The molecule has 0 radical (unpaired) electrons. The van der Waals surface area contributed by atoms with E-state index < -0.39 is 0 Å². The van der Waals surface area contributed by atoms with Gasteiger partial charge in [0.2, 0.25) is 0 Å². The summed E-state index contributed by atoms with van der Waals surface area (Å²) < 4.78 is 0. The van der Waals surface area contributed by atoms with Gasteiger partial charge in [-0.1, -0.05) is 6.42 Å². The van der Waals surface area contributed by atoms with Gasteiger partial charge in [-0.25, -0.2) is 15.8 Å². The quantitative estimate of drug-likeness (QED) is 0.573. The van der Waals surface area contributed by atoms with Crippen LogP contribution >= 0.6 is 11.8 Å². The molecule has 5 nitrogen and oxygen atoms in total. The standard InChI is InChI=1S/C12H21N5S/c1-7-11(14-8(2)15-12(7)17-13)16-9-5-4-6-10(9)18-3/h9-10H,4-6,13H2,1-3H3,(H2,14,15,16,17). The molecule has 1 aromatic rings. The largest absolute Gasteiger partial charge is 0.366 e. The maximum atomic E-state index is 5.48. The number of thioether (sulfide) groups is 1. The van der Waals surface area contributed by atoms with E-state index in [-0.39, 0.29) is 0 Å². The molecule has 1 heterocycles. The number of aryl methyl sites for hydroxylation is 1. The monoisotopic (exact) mass is 267 g/mol. The van der Waals surface area contributed by atoms with Crippen LogP contribution in [-0.2, 0) is 0 Å². The highest BCUT2D eigenvalue weighted by Gasteiger charge is 2.27. The van der Waals surface area contributed by atoms with Crippen LogP contribution < -0.4 is 16.6 Å². The Bertz CT molecular complexity index is 423. The molecule has 0 spiro atoms. The van der Waals surface area contributed by atoms with Crippen molar-refractivity contribution in [1.29, 1.82) is 0 Å². The molecule has 2 unspecified atom stereocenters. The van der Waals surface area contributed by atoms with E-state index in [1.165, 1.54) is 19.3 Å². The summed E-state index contributed by atoms with van der Waals surface area (Å²) in [5, 5.41) is 4.23. The lowest BCUT2D eigenvalue weighted by Crippen LogP contribution is -2.27. The van der Waals surface area contributed by atoms with Crippen molar-refractivity contribution in [2.75, 3.05) is 17.0 Å². The zero-order valence-electron chi connectivity index (χ0n) is 11.2. The van der Waals surface area contributed by atoms with Crippen molar-refractivity contribution in [2.45, 2.75) is 44.4 Å². The van der Waals surface area contributed by atoms with Gasteiger partial charge in [0.25, 0.3) is 0 Å². The molecule has 0 saturated heterocycles. The zero-order chi connectivity index (χ0) is 13.1. The summed E-state index contributed by atoms with van der Waals surface area (Å²) in [4.78, 5) is 8.76. The first kappa shape index (κ1) is 13.4. The molecule has 0 aliphatic heterocycles. The fourth-order valence-electron chi connectivity index (χ4n) is 2.46. The summed E-state index contributed by atoms with van der Waals surface area (Å²) in [5.41, 5.74) is 3.61. The average Bonchev–Trinajstić information content (AvgIpc) is 2.80. The molecule has 0 amide bonds. The molecule has 1 saturated carbocycles. The first-order valence-electron chi connectivity index (χ1n) is 6.27. The molecular formula is C12H21N5S. The highest BCUT2D eigenvalue weighted by molar-refractivity contribution is 7.99. The smallest absolute Gasteiger partial charge is 0.148 e. The molecule has 6 heteroatoms. The Morgan fingerprint density at radius 1 is 1.22 bits per heavy atom. The number of hydrogen-bond acceptors (Lipinski definition) is 6. The number of nitrogens with zero attached hydrogens (tertiary/aromatic N) is 2. The predicted molar refractivity (Wildman–Crippen MR) is 77.9 cm³/mol. The van der Waals surface area contributed by atoms with Gasteiger partial charge in [-0.05, 0) is 32.9 Å². The molecule has 18 heavy (non-hydrogen) atoms. The van der Waals surface area contributed by atoms with Gasteiger partial charge in [0, 0.05) is 16.9 Å². The van der Waals surface area contributed by atoms with Crippen LogP contribution in [-0.4, -0.2) is 27.5 Å². The Morgan fingerprint density at radius 3 is 2.61 bits per heavy atom. The zero-order valence-corrected chi connectivity index (χ0v) is 12.0. The van der Waals surface area contributed by atoms with E-state index in [4.69, 9.17) is 5.84 Å². The number of hydrazine groups is 1. The number of nitrogen functional groups attached to an aromatic ring is 1. The molecule has 1 aromatic heterocycles. The van der Waals surface area contributed by atoms with Crippen LogP contribution in [0.15, 0.2) is 0 Å². The lowest BCUT2D eigenvalue weighted by Gasteiger charge is -2.21. The molecule has 0 aromatic carbocycles. The van der Waals surface area contributed by atoms with E-state index in [0.29, 0.717) is 17.1 Å². The van der Waals surface area contributed by atoms with Gasteiger partial charge < -0.3 is 10.7 Å². The van der Waals surface area contributed by atoms with Crippen LogP contribution in [0, 0.1) is 13.8 Å². The molecule has 2 atom stereocenters. The second kappa shape index (κ2) is 5.75. The van der Waals surface area contributed by atoms with Crippen molar-refractivity contribution in [3.8, 4) is 0 Å². The second-order valence-electron chi connectivity index (χ2n) is 4.69. The van der Waals surface area contributed by atoms with Crippen molar-refractivity contribution < 1.29 is 0 Å². The van der Waals surface area contributed by atoms with Crippen LogP contribution in [0.3, 0.4) is 0 Å². The van der Waals surface area contributed by atoms with Crippen LogP contribution in [0.1, 0.15) is 30.7 Å². The van der Waals surface area contributed by atoms with Gasteiger partial charge in [-0.3, -0.25) is 0 Å². The van der Waals surface area contributed by atoms with Gasteiger partial charge in [-0.2, -0.15) is 11.8 Å². The molecule has 0 bridgehead atoms. The maximum Gasteiger partial charge on any atom is 0.148 e. The van der Waals surface area contributed by atoms with Crippen LogP contribution in [0.2, 0.25) is 0 Å². The first-order valence-corrected chi connectivity index (χ1v) is 7.55. The maximum absolute atomic E-state index is 5.48. The minimum Gasteiger partial charge on any atom is -0.366 e. The van der Waals surface area contributed by atoms with Gasteiger partial charge in [0.1, 0.15) is 17.5 Å². The Morgan fingerprint density at radius 2 is 1.94 bits per heavy atom. The van der Waals surface area contributed by atoms with Crippen molar-refractivity contribution in [3.05, 3.63) is 11.4 Å². The van der Waals surface area contributed by atoms with E-state index in [9.17, 15) is 0 Å². The Kier molecular flexibility index (Phi) is 4.29. The lowest BCUT2D eigenvalue weighted by atomic mass is 10.2. The van der Waals surface area contributed by atoms with E-state index in [1.807, 2.05) is 25.6 Å². The predicted octanol–water partition coefficient (Wildman–Crippen LogP) is 2.08. The molecular weight excluding hydrogens is 246 g/mol. The Balaban J connectivity index is 2.20. The summed E-state index contributed by atoms with van der Waals surface area (Å²) in [7, 11) is 0. The topological polar surface area (TPSA) is 75.9 Å². The van der Waals surface area contributed by atoms with Crippen LogP contribution in [0.25, 0.3) is 0 Å². The Labute approximate surface area is 112 Å². The van der Waals surface area contributed by atoms with Gasteiger partial charge in [0.05, 0.1) is 0 Å².